The number of rotatable bonds is 4. The maximum absolute atomic E-state index is 13.7. The third-order valence-corrected chi connectivity index (χ3v) is 4.50. The molecule has 0 spiro atoms. The molecule has 1 aliphatic rings. The second-order valence-electron chi connectivity index (χ2n) is 5.87. The van der Waals surface area contributed by atoms with Gasteiger partial charge in [0.15, 0.2) is 0 Å². The van der Waals surface area contributed by atoms with Crippen molar-refractivity contribution in [2.45, 2.75) is 57.5 Å². The van der Waals surface area contributed by atoms with Crippen molar-refractivity contribution in [3.05, 3.63) is 34.6 Å². The first-order valence-electron chi connectivity index (χ1n) is 7.19. The van der Waals surface area contributed by atoms with Gasteiger partial charge in [-0.2, -0.15) is 0 Å². The lowest BCUT2D eigenvalue weighted by Gasteiger charge is -2.36. The zero-order valence-electron chi connectivity index (χ0n) is 11.5. The molecule has 0 heterocycles. The zero-order chi connectivity index (χ0) is 13.9. The van der Waals surface area contributed by atoms with Gasteiger partial charge in [-0.3, -0.25) is 0 Å². The van der Waals surface area contributed by atoms with Gasteiger partial charge in [0.1, 0.15) is 5.82 Å². The number of aliphatic hydroxyl groups is 1. The van der Waals surface area contributed by atoms with Crippen LogP contribution in [0.3, 0.4) is 0 Å². The first-order chi connectivity index (χ1) is 9.02. The van der Waals surface area contributed by atoms with E-state index in [2.05, 4.69) is 6.92 Å². The quantitative estimate of drug-likeness (QED) is 0.846. The van der Waals surface area contributed by atoms with Gasteiger partial charge in [0.2, 0.25) is 0 Å². The Labute approximate surface area is 119 Å². The van der Waals surface area contributed by atoms with E-state index in [9.17, 15) is 9.50 Å². The van der Waals surface area contributed by atoms with E-state index in [0.717, 1.165) is 31.6 Å². The van der Waals surface area contributed by atoms with Gasteiger partial charge in [-0.25, -0.2) is 4.39 Å². The number of hydrogen-bond donors (Lipinski definition) is 1. The molecule has 0 radical (unpaired) electrons. The van der Waals surface area contributed by atoms with Crippen LogP contribution < -0.4 is 0 Å². The van der Waals surface area contributed by atoms with E-state index in [1.165, 1.54) is 18.9 Å². The van der Waals surface area contributed by atoms with Crippen LogP contribution in [0.2, 0.25) is 5.02 Å². The van der Waals surface area contributed by atoms with Crippen molar-refractivity contribution in [1.29, 1.82) is 0 Å². The second-order valence-corrected chi connectivity index (χ2v) is 6.31. The van der Waals surface area contributed by atoms with Crippen molar-refractivity contribution in [3.63, 3.8) is 0 Å². The molecule has 1 nitrogen and oxygen atoms in total. The molecule has 1 N–H and O–H groups in total. The molecule has 0 atom stereocenters. The lowest BCUT2D eigenvalue weighted by molar-refractivity contribution is -0.0105. The lowest BCUT2D eigenvalue weighted by Crippen LogP contribution is -2.36. The van der Waals surface area contributed by atoms with Gasteiger partial charge >= 0.3 is 0 Å². The van der Waals surface area contributed by atoms with Crippen LogP contribution in [0, 0.1) is 11.7 Å². The first-order valence-corrected chi connectivity index (χ1v) is 7.56. The van der Waals surface area contributed by atoms with Crippen molar-refractivity contribution in [2.75, 3.05) is 0 Å². The number of hydrogen-bond acceptors (Lipinski definition) is 1. The molecule has 3 heteroatoms. The highest BCUT2D eigenvalue weighted by atomic mass is 35.5. The van der Waals surface area contributed by atoms with E-state index in [1.807, 2.05) is 0 Å². The van der Waals surface area contributed by atoms with E-state index in [0.29, 0.717) is 17.0 Å². The standard InChI is InChI=1S/C16H22ClFO/c1-2-3-12-6-8-16(19,9-7-12)11-13-10-14(17)4-5-15(13)18/h4-5,10,12,19H,2-3,6-9,11H2,1H3. The van der Waals surface area contributed by atoms with Crippen molar-refractivity contribution in [1.82, 2.24) is 0 Å². The normalized spacial score (nSPS) is 27.5. The molecule has 106 valence electrons. The highest BCUT2D eigenvalue weighted by Crippen LogP contribution is 2.37. The average Bonchev–Trinajstić information content (AvgIpc) is 2.37. The first kappa shape index (κ1) is 14.8. The third kappa shape index (κ3) is 3.93. The molecule has 0 aliphatic heterocycles. The molecule has 1 fully saturated rings. The largest absolute Gasteiger partial charge is 0.390 e. The summed E-state index contributed by atoms with van der Waals surface area (Å²) in [5, 5.41) is 11.1. The summed E-state index contributed by atoms with van der Waals surface area (Å²) >= 11 is 5.90. The van der Waals surface area contributed by atoms with Gasteiger partial charge in [0, 0.05) is 11.4 Å². The van der Waals surface area contributed by atoms with Crippen LogP contribution in [0.5, 0.6) is 0 Å². The average molecular weight is 285 g/mol. The second kappa shape index (κ2) is 6.23. The molecule has 0 unspecified atom stereocenters. The summed E-state index contributed by atoms with van der Waals surface area (Å²) < 4.78 is 13.7. The monoisotopic (exact) mass is 284 g/mol. The summed E-state index contributed by atoms with van der Waals surface area (Å²) in [5.74, 6) is 0.461. The Bertz CT molecular complexity index is 425. The van der Waals surface area contributed by atoms with Crippen LogP contribution in [-0.2, 0) is 6.42 Å². The molecule has 0 saturated heterocycles. The van der Waals surface area contributed by atoms with Crippen molar-refractivity contribution in [3.8, 4) is 0 Å². The van der Waals surface area contributed by atoms with Gasteiger partial charge in [0.05, 0.1) is 5.60 Å². The van der Waals surface area contributed by atoms with Gasteiger partial charge in [-0.1, -0.05) is 31.4 Å². The highest BCUT2D eigenvalue weighted by Gasteiger charge is 2.33. The fraction of sp³-hybridized carbons (Fsp3) is 0.625. The van der Waals surface area contributed by atoms with Crippen LogP contribution in [0.15, 0.2) is 18.2 Å². The minimum atomic E-state index is -0.754. The molecule has 0 amide bonds. The van der Waals surface area contributed by atoms with Crippen LogP contribution in [0.1, 0.15) is 51.0 Å². The summed E-state index contributed by atoms with van der Waals surface area (Å²) in [5.41, 5.74) is -0.223. The van der Waals surface area contributed by atoms with E-state index in [-0.39, 0.29) is 5.82 Å². The fourth-order valence-corrected chi connectivity index (χ4v) is 3.32. The molecule has 1 saturated carbocycles. The van der Waals surface area contributed by atoms with Crippen molar-refractivity contribution >= 4 is 11.6 Å². The van der Waals surface area contributed by atoms with Crippen molar-refractivity contribution in [2.24, 2.45) is 5.92 Å². The van der Waals surface area contributed by atoms with E-state index in [4.69, 9.17) is 11.6 Å². The molecular weight excluding hydrogens is 263 g/mol. The molecule has 0 bridgehead atoms. The Morgan fingerprint density at radius 1 is 1.37 bits per heavy atom. The topological polar surface area (TPSA) is 20.2 Å². The van der Waals surface area contributed by atoms with Gasteiger partial charge in [-0.15, -0.1) is 0 Å². The Morgan fingerprint density at radius 3 is 2.68 bits per heavy atom. The molecule has 2 rings (SSSR count). The van der Waals surface area contributed by atoms with Gasteiger partial charge in [-0.05, 0) is 55.4 Å². The smallest absolute Gasteiger partial charge is 0.126 e. The number of halogens is 2. The summed E-state index contributed by atoms with van der Waals surface area (Å²) in [6, 6.07) is 4.55. The molecule has 1 aliphatic carbocycles. The highest BCUT2D eigenvalue weighted by molar-refractivity contribution is 6.30. The summed E-state index contributed by atoms with van der Waals surface area (Å²) in [7, 11) is 0. The minimum Gasteiger partial charge on any atom is -0.390 e. The lowest BCUT2D eigenvalue weighted by atomic mass is 9.74. The van der Waals surface area contributed by atoms with Crippen LogP contribution in [0.4, 0.5) is 4.39 Å². The van der Waals surface area contributed by atoms with E-state index >= 15 is 0 Å². The van der Waals surface area contributed by atoms with Crippen LogP contribution in [0.25, 0.3) is 0 Å². The van der Waals surface area contributed by atoms with E-state index < -0.39 is 5.60 Å². The zero-order valence-corrected chi connectivity index (χ0v) is 12.2. The predicted molar refractivity (Wildman–Crippen MR) is 76.9 cm³/mol. The van der Waals surface area contributed by atoms with E-state index in [1.54, 1.807) is 12.1 Å². The Hall–Kier alpha value is -0.600. The molecular formula is C16H22ClFO. The molecule has 1 aromatic carbocycles. The molecule has 1 aromatic rings. The Kier molecular flexibility index (Phi) is 4.86. The van der Waals surface area contributed by atoms with Crippen molar-refractivity contribution < 1.29 is 9.50 Å². The maximum Gasteiger partial charge on any atom is 0.126 e. The molecule has 19 heavy (non-hydrogen) atoms. The number of benzene rings is 1. The Morgan fingerprint density at radius 2 is 2.05 bits per heavy atom. The molecule has 0 aromatic heterocycles. The SMILES string of the molecule is CCCC1CCC(O)(Cc2cc(Cl)ccc2F)CC1. The Balaban J connectivity index is 2.00. The van der Waals surface area contributed by atoms with Gasteiger partial charge < -0.3 is 5.11 Å². The fourth-order valence-electron chi connectivity index (χ4n) is 3.12. The predicted octanol–water partition coefficient (Wildman–Crippen LogP) is 4.74. The van der Waals surface area contributed by atoms with Crippen LogP contribution >= 0.6 is 11.6 Å². The summed E-state index contributed by atoms with van der Waals surface area (Å²) in [6.07, 6.45) is 6.44. The third-order valence-electron chi connectivity index (χ3n) is 4.26. The maximum atomic E-state index is 13.7. The minimum absolute atomic E-state index is 0.270. The summed E-state index contributed by atoms with van der Waals surface area (Å²) in [4.78, 5) is 0. The van der Waals surface area contributed by atoms with Gasteiger partial charge in [0.25, 0.3) is 0 Å². The summed E-state index contributed by atoms with van der Waals surface area (Å²) in [6.45, 7) is 2.20. The van der Waals surface area contributed by atoms with Crippen LogP contribution in [-0.4, -0.2) is 10.7 Å².